The highest BCUT2D eigenvalue weighted by molar-refractivity contribution is 5.13. The first-order valence-electron chi connectivity index (χ1n) is 6.18. The minimum Gasteiger partial charge on any atom is -0.388 e. The Labute approximate surface area is 97.0 Å². The molecule has 0 aliphatic carbocycles. The van der Waals surface area contributed by atoms with E-state index in [2.05, 4.69) is 11.5 Å². The van der Waals surface area contributed by atoms with Gasteiger partial charge in [0.25, 0.3) is 0 Å². The number of rotatable bonds is 4. The van der Waals surface area contributed by atoms with Crippen molar-refractivity contribution in [2.24, 2.45) is 0 Å². The van der Waals surface area contributed by atoms with Crippen LogP contribution in [0.4, 0.5) is 0 Å². The maximum atomic E-state index is 9.70. The topological polar surface area (TPSA) is 34.4 Å². The van der Waals surface area contributed by atoms with Gasteiger partial charge in [-0.2, -0.15) is 0 Å². The maximum absolute atomic E-state index is 9.70. The van der Waals surface area contributed by atoms with Crippen molar-refractivity contribution in [2.75, 3.05) is 0 Å². The second kappa shape index (κ2) is 5.02. The highest BCUT2D eigenvalue weighted by Crippen LogP contribution is 2.22. The van der Waals surface area contributed by atoms with Crippen LogP contribution in [-0.4, -0.2) is 21.9 Å². The van der Waals surface area contributed by atoms with Gasteiger partial charge in [-0.15, -0.1) is 0 Å². The summed E-state index contributed by atoms with van der Waals surface area (Å²) in [7, 11) is 0. The van der Waals surface area contributed by atoms with Crippen molar-refractivity contribution in [3.8, 4) is 0 Å². The third kappa shape index (κ3) is 2.66. The zero-order valence-electron chi connectivity index (χ0n) is 10.1. The van der Waals surface area contributed by atoms with Crippen LogP contribution >= 0.6 is 0 Å². The summed E-state index contributed by atoms with van der Waals surface area (Å²) in [5.41, 5.74) is 1.01. The second-order valence-corrected chi connectivity index (χ2v) is 4.71. The molecule has 0 amide bonds. The lowest BCUT2D eigenvalue weighted by atomic mass is 10.1. The molecule has 3 unspecified atom stereocenters. The van der Waals surface area contributed by atoms with E-state index in [1.54, 1.807) is 0 Å². The van der Waals surface area contributed by atoms with Crippen LogP contribution < -0.4 is 0 Å². The predicted molar refractivity (Wildman–Crippen MR) is 63.3 cm³/mol. The Bertz CT molecular complexity index is 334. The number of ether oxygens (including phenoxy) is 1. The fourth-order valence-corrected chi connectivity index (χ4v) is 2.26. The highest BCUT2D eigenvalue weighted by atomic mass is 16.5. The number of aromatic nitrogens is 1. The maximum Gasteiger partial charge on any atom is 0.0802 e. The molecule has 3 heteroatoms. The summed E-state index contributed by atoms with van der Waals surface area (Å²) in [4.78, 5) is 0. The van der Waals surface area contributed by atoms with Crippen molar-refractivity contribution in [3.63, 3.8) is 0 Å². The summed E-state index contributed by atoms with van der Waals surface area (Å²) < 4.78 is 7.90. The van der Waals surface area contributed by atoms with E-state index in [0.29, 0.717) is 12.2 Å². The van der Waals surface area contributed by atoms with Crippen LogP contribution in [0.2, 0.25) is 0 Å². The molecule has 1 saturated heterocycles. The third-order valence-corrected chi connectivity index (χ3v) is 3.28. The smallest absolute Gasteiger partial charge is 0.0802 e. The Morgan fingerprint density at radius 1 is 1.56 bits per heavy atom. The zero-order chi connectivity index (χ0) is 11.5. The molecule has 0 aromatic carbocycles. The quantitative estimate of drug-likeness (QED) is 0.851. The van der Waals surface area contributed by atoms with Gasteiger partial charge < -0.3 is 14.4 Å². The van der Waals surface area contributed by atoms with E-state index in [-0.39, 0.29) is 6.10 Å². The van der Waals surface area contributed by atoms with Gasteiger partial charge in [0, 0.05) is 18.9 Å². The molecule has 0 bridgehead atoms. The lowest BCUT2D eigenvalue weighted by Gasteiger charge is -2.12. The standard InChI is InChI=1S/C13H21NO2/c1-3-13(15)11-6-7-14(8-11)9-12-5-4-10(2)16-12/h6-8,10,12-13,15H,3-5,9H2,1-2H3. The Morgan fingerprint density at radius 3 is 3.00 bits per heavy atom. The van der Waals surface area contributed by atoms with E-state index in [9.17, 15) is 5.11 Å². The summed E-state index contributed by atoms with van der Waals surface area (Å²) in [5, 5.41) is 9.70. The zero-order valence-corrected chi connectivity index (χ0v) is 10.1. The van der Waals surface area contributed by atoms with Crippen LogP contribution in [0.3, 0.4) is 0 Å². The van der Waals surface area contributed by atoms with Gasteiger partial charge in [0.1, 0.15) is 0 Å². The molecule has 0 radical (unpaired) electrons. The first kappa shape index (κ1) is 11.7. The molecule has 3 atom stereocenters. The van der Waals surface area contributed by atoms with Crippen LogP contribution in [0.25, 0.3) is 0 Å². The molecule has 1 aromatic rings. The Hall–Kier alpha value is -0.800. The van der Waals surface area contributed by atoms with Crippen LogP contribution in [0.1, 0.15) is 44.8 Å². The molecule has 1 N–H and O–H groups in total. The average Bonchev–Trinajstić information content (AvgIpc) is 2.87. The van der Waals surface area contributed by atoms with Gasteiger partial charge in [0.05, 0.1) is 18.3 Å². The molecule has 1 fully saturated rings. The summed E-state index contributed by atoms with van der Waals surface area (Å²) >= 11 is 0. The van der Waals surface area contributed by atoms with Crippen molar-refractivity contribution >= 4 is 0 Å². The van der Waals surface area contributed by atoms with E-state index in [4.69, 9.17) is 4.74 Å². The van der Waals surface area contributed by atoms with Crippen molar-refractivity contribution in [2.45, 2.75) is 58.0 Å². The molecule has 1 aliphatic heterocycles. The van der Waals surface area contributed by atoms with E-state index in [0.717, 1.165) is 31.4 Å². The third-order valence-electron chi connectivity index (χ3n) is 3.28. The molecule has 1 aliphatic rings. The van der Waals surface area contributed by atoms with E-state index in [1.165, 1.54) is 0 Å². The van der Waals surface area contributed by atoms with Crippen molar-refractivity contribution in [3.05, 3.63) is 24.0 Å². The van der Waals surface area contributed by atoms with Gasteiger partial charge in [-0.1, -0.05) is 6.92 Å². The van der Waals surface area contributed by atoms with Gasteiger partial charge in [0.15, 0.2) is 0 Å². The van der Waals surface area contributed by atoms with Gasteiger partial charge in [-0.3, -0.25) is 0 Å². The van der Waals surface area contributed by atoms with Crippen LogP contribution in [0.15, 0.2) is 18.5 Å². The molecular formula is C13H21NO2. The lowest BCUT2D eigenvalue weighted by Crippen LogP contribution is -2.15. The van der Waals surface area contributed by atoms with Gasteiger partial charge in [0.2, 0.25) is 0 Å². The average molecular weight is 223 g/mol. The first-order valence-corrected chi connectivity index (χ1v) is 6.18. The molecular weight excluding hydrogens is 202 g/mol. The number of hydrogen-bond acceptors (Lipinski definition) is 2. The summed E-state index contributed by atoms with van der Waals surface area (Å²) in [6, 6.07) is 1.99. The van der Waals surface area contributed by atoms with Crippen molar-refractivity contribution in [1.82, 2.24) is 4.57 Å². The van der Waals surface area contributed by atoms with Crippen LogP contribution in [0, 0.1) is 0 Å². The minimum atomic E-state index is -0.329. The van der Waals surface area contributed by atoms with E-state index < -0.39 is 0 Å². The minimum absolute atomic E-state index is 0.329. The van der Waals surface area contributed by atoms with Crippen LogP contribution in [-0.2, 0) is 11.3 Å². The SMILES string of the molecule is CCC(O)c1ccn(CC2CCC(C)O2)c1. The Morgan fingerprint density at radius 2 is 2.38 bits per heavy atom. The summed E-state index contributed by atoms with van der Waals surface area (Å²) in [6.07, 6.45) is 7.55. The van der Waals surface area contributed by atoms with Crippen molar-refractivity contribution < 1.29 is 9.84 Å². The molecule has 16 heavy (non-hydrogen) atoms. The molecule has 2 heterocycles. The Balaban J connectivity index is 1.92. The van der Waals surface area contributed by atoms with E-state index >= 15 is 0 Å². The Kier molecular flexibility index (Phi) is 3.66. The number of hydrogen-bond donors (Lipinski definition) is 1. The predicted octanol–water partition coefficient (Wildman–Crippen LogP) is 2.50. The van der Waals surface area contributed by atoms with Gasteiger partial charge in [-0.25, -0.2) is 0 Å². The molecule has 1 aromatic heterocycles. The normalized spacial score (nSPS) is 27.2. The van der Waals surface area contributed by atoms with Gasteiger partial charge >= 0.3 is 0 Å². The second-order valence-electron chi connectivity index (χ2n) is 4.71. The van der Waals surface area contributed by atoms with Gasteiger partial charge in [-0.05, 0) is 37.8 Å². The summed E-state index contributed by atoms with van der Waals surface area (Å²) in [6.45, 7) is 5.02. The molecule has 0 saturated carbocycles. The molecule has 2 rings (SSSR count). The molecule has 90 valence electrons. The van der Waals surface area contributed by atoms with Crippen LogP contribution in [0.5, 0.6) is 0 Å². The molecule has 3 nitrogen and oxygen atoms in total. The largest absolute Gasteiger partial charge is 0.388 e. The lowest BCUT2D eigenvalue weighted by molar-refractivity contribution is 0.0458. The number of nitrogens with zero attached hydrogens (tertiary/aromatic N) is 1. The monoisotopic (exact) mass is 223 g/mol. The van der Waals surface area contributed by atoms with E-state index in [1.807, 2.05) is 25.4 Å². The fourth-order valence-electron chi connectivity index (χ4n) is 2.26. The first-order chi connectivity index (χ1) is 7.69. The molecule has 0 spiro atoms. The highest BCUT2D eigenvalue weighted by Gasteiger charge is 2.21. The summed E-state index contributed by atoms with van der Waals surface area (Å²) in [5.74, 6) is 0. The van der Waals surface area contributed by atoms with Crippen molar-refractivity contribution in [1.29, 1.82) is 0 Å². The fraction of sp³-hybridized carbons (Fsp3) is 0.692. The number of aliphatic hydroxyl groups is 1. The number of aliphatic hydroxyl groups excluding tert-OH is 1.